The van der Waals surface area contributed by atoms with E-state index in [1.807, 2.05) is 6.07 Å². The molecule has 1 N–H and O–H groups in total. The molecule has 0 heterocycles. The van der Waals surface area contributed by atoms with Crippen LogP contribution in [0.3, 0.4) is 0 Å². The lowest BCUT2D eigenvalue weighted by Crippen LogP contribution is -2.11. The van der Waals surface area contributed by atoms with Crippen molar-refractivity contribution >= 4 is 12.3 Å². The summed E-state index contributed by atoms with van der Waals surface area (Å²) in [6.45, 7) is 0. The Bertz CT molecular complexity index is 635. The summed E-state index contributed by atoms with van der Waals surface area (Å²) in [4.78, 5) is 21.9. The first-order valence-corrected chi connectivity index (χ1v) is 6.40. The van der Waals surface area contributed by atoms with E-state index < -0.39 is 18.4 Å². The van der Waals surface area contributed by atoms with Gasteiger partial charge >= 0.3 is 12.3 Å². The van der Waals surface area contributed by atoms with Crippen LogP contribution in [-0.4, -0.2) is 24.5 Å². The van der Waals surface area contributed by atoms with E-state index in [1.54, 1.807) is 36.4 Å². The Balaban J connectivity index is 2.24. The number of benzene rings is 2. The molecule has 22 heavy (non-hydrogen) atoms. The van der Waals surface area contributed by atoms with Crippen molar-refractivity contribution in [3.8, 4) is 5.75 Å². The van der Waals surface area contributed by atoms with Crippen molar-refractivity contribution in [1.29, 1.82) is 0 Å². The van der Waals surface area contributed by atoms with Crippen LogP contribution in [0.4, 0.5) is 9.59 Å². The highest BCUT2D eigenvalue weighted by molar-refractivity contribution is 5.63. The van der Waals surface area contributed by atoms with Gasteiger partial charge < -0.3 is 19.3 Å². The zero-order valence-electron chi connectivity index (χ0n) is 11.8. The lowest BCUT2D eigenvalue weighted by atomic mass is 10.0. The number of carbonyl (C=O) groups is 2. The molecule has 0 aromatic heterocycles. The van der Waals surface area contributed by atoms with Crippen molar-refractivity contribution in [1.82, 2.24) is 0 Å². The molecule has 0 saturated heterocycles. The number of hydrogen-bond acceptors (Lipinski definition) is 5. The highest BCUT2D eigenvalue weighted by Crippen LogP contribution is 2.27. The van der Waals surface area contributed by atoms with Crippen LogP contribution in [0.5, 0.6) is 5.75 Å². The van der Waals surface area contributed by atoms with Crippen molar-refractivity contribution in [3.63, 3.8) is 0 Å². The highest BCUT2D eigenvalue weighted by atomic mass is 16.7. The van der Waals surface area contributed by atoms with Crippen LogP contribution in [0.2, 0.25) is 0 Å². The monoisotopic (exact) mass is 302 g/mol. The Labute approximate surface area is 126 Å². The van der Waals surface area contributed by atoms with Crippen LogP contribution in [0.25, 0.3) is 0 Å². The van der Waals surface area contributed by atoms with Gasteiger partial charge in [-0.25, -0.2) is 9.59 Å². The zero-order valence-corrected chi connectivity index (χ0v) is 11.8. The maximum Gasteiger partial charge on any atom is 0.513 e. The van der Waals surface area contributed by atoms with Crippen molar-refractivity contribution in [2.24, 2.45) is 0 Å². The minimum Gasteiger partial charge on any atom is -0.450 e. The lowest BCUT2D eigenvalue weighted by Gasteiger charge is -2.17. The molecular formula is C16H14O6. The van der Waals surface area contributed by atoms with Gasteiger partial charge in [0.2, 0.25) is 0 Å². The molecule has 2 aromatic rings. The molecule has 0 fully saturated rings. The summed E-state index contributed by atoms with van der Waals surface area (Å²) in [7, 11) is 1.21. The summed E-state index contributed by atoms with van der Waals surface area (Å²) < 4.78 is 14.2. The minimum atomic E-state index is -1.37. The van der Waals surface area contributed by atoms with Gasteiger partial charge in [-0.1, -0.05) is 42.5 Å². The molecule has 0 aliphatic carbocycles. The van der Waals surface area contributed by atoms with E-state index in [9.17, 15) is 9.59 Å². The second-order valence-corrected chi connectivity index (χ2v) is 4.30. The summed E-state index contributed by atoms with van der Waals surface area (Å²) in [5.41, 5.74) is 1.32. The second-order valence-electron chi connectivity index (χ2n) is 4.30. The maximum atomic E-state index is 11.0. The molecule has 0 aliphatic rings. The van der Waals surface area contributed by atoms with Gasteiger partial charge in [0, 0.05) is 0 Å². The van der Waals surface area contributed by atoms with Crippen LogP contribution in [0, 0.1) is 0 Å². The van der Waals surface area contributed by atoms with Crippen molar-refractivity contribution in [3.05, 3.63) is 65.7 Å². The number of hydrogen-bond donors (Lipinski definition) is 1. The number of rotatable bonds is 4. The Morgan fingerprint density at radius 1 is 0.955 bits per heavy atom. The molecule has 0 aliphatic heterocycles. The van der Waals surface area contributed by atoms with Gasteiger partial charge in [-0.3, -0.25) is 0 Å². The summed E-state index contributed by atoms with van der Waals surface area (Å²) in [6.07, 6.45) is -2.95. The molecule has 0 spiro atoms. The molecule has 6 nitrogen and oxygen atoms in total. The van der Waals surface area contributed by atoms with Gasteiger partial charge in [0.25, 0.3) is 0 Å². The fourth-order valence-corrected chi connectivity index (χ4v) is 1.91. The minimum absolute atomic E-state index is 0.290. The standard InChI is InChI=1S/C16H14O6/c1-20-16(19)21-13-9-7-12(8-10-13)14(22-15(17)18)11-5-3-2-4-6-11/h2-10,14H,1H3,(H,17,18). The van der Waals surface area contributed by atoms with Gasteiger partial charge in [-0.2, -0.15) is 0 Å². The van der Waals surface area contributed by atoms with Gasteiger partial charge in [-0.05, 0) is 23.3 Å². The van der Waals surface area contributed by atoms with E-state index in [2.05, 4.69) is 4.74 Å². The van der Waals surface area contributed by atoms with E-state index in [1.165, 1.54) is 19.2 Å². The Hall–Kier alpha value is -3.02. The van der Waals surface area contributed by atoms with Crippen LogP contribution in [-0.2, 0) is 9.47 Å². The molecule has 1 unspecified atom stereocenters. The van der Waals surface area contributed by atoms with E-state index in [0.29, 0.717) is 11.1 Å². The summed E-state index contributed by atoms with van der Waals surface area (Å²) in [5, 5.41) is 8.90. The van der Waals surface area contributed by atoms with Crippen LogP contribution in [0.1, 0.15) is 17.2 Å². The predicted molar refractivity (Wildman–Crippen MR) is 76.9 cm³/mol. The molecule has 2 rings (SSSR count). The Kier molecular flexibility index (Phi) is 4.98. The number of methoxy groups -OCH3 is 1. The second kappa shape index (κ2) is 7.12. The van der Waals surface area contributed by atoms with E-state index in [0.717, 1.165) is 0 Å². The number of carboxylic acid groups (broad SMARTS) is 1. The molecule has 0 radical (unpaired) electrons. The molecule has 114 valence electrons. The summed E-state index contributed by atoms with van der Waals surface area (Å²) in [5.74, 6) is 0.290. The molecule has 0 saturated carbocycles. The third-order valence-electron chi connectivity index (χ3n) is 2.87. The third kappa shape index (κ3) is 3.99. The maximum absolute atomic E-state index is 11.0. The fraction of sp³-hybridized carbons (Fsp3) is 0.125. The molecule has 1 atom stereocenters. The summed E-state index contributed by atoms with van der Waals surface area (Å²) in [6, 6.07) is 15.3. The average Bonchev–Trinajstić information content (AvgIpc) is 2.54. The van der Waals surface area contributed by atoms with Crippen molar-refractivity contribution in [2.45, 2.75) is 6.10 Å². The van der Waals surface area contributed by atoms with Crippen LogP contribution >= 0.6 is 0 Å². The van der Waals surface area contributed by atoms with Crippen molar-refractivity contribution < 1.29 is 28.9 Å². The van der Waals surface area contributed by atoms with Gasteiger partial charge in [-0.15, -0.1) is 0 Å². The highest BCUT2D eigenvalue weighted by Gasteiger charge is 2.18. The van der Waals surface area contributed by atoms with E-state index in [-0.39, 0.29) is 5.75 Å². The quantitative estimate of drug-likeness (QED) is 0.686. The summed E-state index contributed by atoms with van der Waals surface area (Å²) >= 11 is 0. The number of ether oxygens (including phenoxy) is 3. The fourth-order valence-electron chi connectivity index (χ4n) is 1.91. The first-order chi connectivity index (χ1) is 10.6. The normalized spacial score (nSPS) is 11.3. The zero-order chi connectivity index (χ0) is 15.9. The molecule has 0 bridgehead atoms. The van der Waals surface area contributed by atoms with Crippen molar-refractivity contribution in [2.75, 3.05) is 7.11 Å². The van der Waals surface area contributed by atoms with E-state index in [4.69, 9.17) is 14.6 Å². The first-order valence-electron chi connectivity index (χ1n) is 6.40. The SMILES string of the molecule is COC(=O)Oc1ccc(C(OC(=O)O)c2ccccc2)cc1. The lowest BCUT2D eigenvalue weighted by molar-refractivity contribution is 0.0663. The topological polar surface area (TPSA) is 82.1 Å². The van der Waals surface area contributed by atoms with E-state index >= 15 is 0 Å². The predicted octanol–water partition coefficient (Wildman–Crippen LogP) is 3.62. The molecule has 6 heteroatoms. The molecule has 2 aromatic carbocycles. The van der Waals surface area contributed by atoms with Crippen LogP contribution in [0.15, 0.2) is 54.6 Å². The van der Waals surface area contributed by atoms with Gasteiger partial charge in [0.05, 0.1) is 7.11 Å². The van der Waals surface area contributed by atoms with Gasteiger partial charge in [0.1, 0.15) is 5.75 Å². The first kappa shape index (κ1) is 15.4. The third-order valence-corrected chi connectivity index (χ3v) is 2.87. The number of carbonyl (C=O) groups excluding carboxylic acids is 1. The Morgan fingerprint density at radius 3 is 2.09 bits per heavy atom. The average molecular weight is 302 g/mol. The van der Waals surface area contributed by atoms with Crippen LogP contribution < -0.4 is 4.74 Å². The Morgan fingerprint density at radius 2 is 1.55 bits per heavy atom. The molecule has 0 amide bonds. The largest absolute Gasteiger partial charge is 0.513 e. The molecular weight excluding hydrogens is 288 g/mol. The van der Waals surface area contributed by atoms with Gasteiger partial charge in [0.15, 0.2) is 6.10 Å². The smallest absolute Gasteiger partial charge is 0.450 e.